The second-order valence-corrected chi connectivity index (χ2v) is 21.3. The van der Waals surface area contributed by atoms with E-state index in [2.05, 4.69) is 133 Å². The van der Waals surface area contributed by atoms with Crippen molar-refractivity contribution >= 4 is 29.5 Å². The van der Waals surface area contributed by atoms with Gasteiger partial charge < -0.3 is 14.5 Å². The van der Waals surface area contributed by atoms with E-state index in [0.29, 0.717) is 24.3 Å². The Morgan fingerprint density at radius 3 is 1.46 bits per heavy atom. The van der Waals surface area contributed by atoms with Gasteiger partial charge in [0.2, 0.25) is 0 Å². The van der Waals surface area contributed by atoms with Gasteiger partial charge in [0.25, 0.3) is 5.09 Å². The third kappa shape index (κ3) is 13.0. The number of thioether (sulfide) groups is 2. The number of carbonyl (C=O) groups is 1. The Balaban J connectivity index is 2.62. The summed E-state index contributed by atoms with van der Waals surface area (Å²) in [7, 11) is 0. The van der Waals surface area contributed by atoms with Crippen LogP contribution in [0.2, 0.25) is 0 Å². The molecule has 1 atom stereocenters. The second kappa shape index (κ2) is 16.9. The van der Waals surface area contributed by atoms with E-state index in [9.17, 15) is 14.9 Å². The molecule has 0 spiro atoms. The van der Waals surface area contributed by atoms with Crippen molar-refractivity contribution in [2.45, 2.75) is 178 Å². The van der Waals surface area contributed by atoms with Gasteiger partial charge >= 0.3 is 5.97 Å². The molecule has 2 aromatic carbocycles. The van der Waals surface area contributed by atoms with Crippen LogP contribution in [0.25, 0.3) is 0 Å². The van der Waals surface area contributed by atoms with Crippen molar-refractivity contribution in [3.8, 4) is 11.5 Å². The van der Waals surface area contributed by atoms with E-state index >= 15 is 0 Å². The summed E-state index contributed by atoms with van der Waals surface area (Å²) in [6.07, 6.45) is 2.03. The number of hydrogen-bond acceptors (Lipinski definition) is 9. The lowest BCUT2D eigenvalue weighted by Gasteiger charge is -2.33. The van der Waals surface area contributed by atoms with Gasteiger partial charge in [0.05, 0.1) is 4.08 Å². The molecule has 0 radical (unpaired) electrons. The van der Waals surface area contributed by atoms with Crippen molar-refractivity contribution in [1.29, 1.82) is 0 Å². The van der Waals surface area contributed by atoms with Crippen LogP contribution >= 0.6 is 23.5 Å². The topological polar surface area (TPSA) is 97.1 Å². The van der Waals surface area contributed by atoms with Crippen molar-refractivity contribution in [3.05, 3.63) is 56.6 Å². The number of rotatable bonds is 15. The monoisotopic (exact) mass is 733 g/mol. The van der Waals surface area contributed by atoms with E-state index in [1.807, 2.05) is 6.92 Å². The highest BCUT2D eigenvalue weighted by Gasteiger charge is 2.34. The normalized spacial score (nSPS) is 13.6. The molecular formula is C40H63NO7S2. The van der Waals surface area contributed by atoms with Crippen LogP contribution in [-0.2, 0) is 36.2 Å². The van der Waals surface area contributed by atoms with Gasteiger partial charge in [0.1, 0.15) is 18.5 Å². The average Bonchev–Trinajstić information content (AvgIpc) is 2.94. The van der Waals surface area contributed by atoms with E-state index in [-0.39, 0.29) is 38.3 Å². The molecular weight excluding hydrogens is 671 g/mol. The molecule has 2 aromatic rings. The molecule has 0 aromatic heterocycles. The molecule has 0 saturated heterocycles. The Hall–Kier alpha value is -2.43. The predicted molar refractivity (Wildman–Crippen MR) is 207 cm³/mol. The Kier molecular flexibility index (Phi) is 14.8. The van der Waals surface area contributed by atoms with E-state index in [0.717, 1.165) is 44.9 Å². The highest BCUT2D eigenvalue weighted by Crippen LogP contribution is 2.51. The molecule has 0 aliphatic rings. The number of unbranched alkanes of at least 4 members (excludes halogenated alkanes) is 1. The van der Waals surface area contributed by atoms with Crippen molar-refractivity contribution < 1.29 is 29.2 Å². The van der Waals surface area contributed by atoms with Crippen LogP contribution < -0.4 is 9.62 Å². The lowest BCUT2D eigenvalue weighted by atomic mass is 9.79. The van der Waals surface area contributed by atoms with E-state index in [1.54, 1.807) is 23.5 Å². The summed E-state index contributed by atoms with van der Waals surface area (Å²) in [4.78, 5) is 42.4. The molecule has 0 saturated carbocycles. The summed E-state index contributed by atoms with van der Waals surface area (Å²) in [5, 5.41) is 9.99. The first-order valence-electron chi connectivity index (χ1n) is 17.8. The first-order valence-corrected chi connectivity index (χ1v) is 19.4. The number of ether oxygens (including phenoxy) is 1. The first kappa shape index (κ1) is 43.7. The predicted octanol–water partition coefficient (Wildman–Crippen LogP) is 11.9. The molecule has 0 amide bonds. The fourth-order valence-corrected chi connectivity index (χ4v) is 7.89. The number of benzene rings is 2. The summed E-state index contributed by atoms with van der Waals surface area (Å²) in [6, 6.07) is 8.75. The maximum absolute atomic E-state index is 12.9. The molecule has 8 nitrogen and oxygen atoms in total. The molecule has 0 N–H and O–H groups in total. The van der Waals surface area contributed by atoms with Crippen LogP contribution in [0.3, 0.4) is 0 Å². The molecule has 282 valence electrons. The van der Waals surface area contributed by atoms with Crippen molar-refractivity contribution in [1.82, 2.24) is 0 Å². The number of carbonyl (C=O) groups excluding carboxylic acids is 1. The summed E-state index contributed by atoms with van der Waals surface area (Å²) in [5.74, 6) is 1.14. The van der Waals surface area contributed by atoms with E-state index in [1.165, 1.54) is 0 Å². The van der Waals surface area contributed by atoms with Crippen molar-refractivity contribution in [2.24, 2.45) is 0 Å². The van der Waals surface area contributed by atoms with Crippen LogP contribution in [0.5, 0.6) is 11.5 Å². The van der Waals surface area contributed by atoms with Gasteiger partial charge in [0.15, 0.2) is 5.75 Å². The number of nitrogens with zero attached hydrogens (tertiary/aromatic N) is 1. The Morgan fingerprint density at radius 2 is 1.12 bits per heavy atom. The largest absolute Gasteiger partial charge is 0.426 e. The summed E-state index contributed by atoms with van der Waals surface area (Å²) in [5.41, 5.74) is 2.94. The molecule has 10 heteroatoms. The van der Waals surface area contributed by atoms with Gasteiger partial charge in [0, 0.05) is 38.5 Å². The van der Waals surface area contributed by atoms with Crippen LogP contribution in [0.1, 0.15) is 159 Å². The van der Waals surface area contributed by atoms with E-state index in [4.69, 9.17) is 14.5 Å². The minimum atomic E-state index is -0.815. The molecule has 1 unspecified atom stereocenters. The van der Waals surface area contributed by atoms with Crippen LogP contribution in [0.4, 0.5) is 0 Å². The zero-order valence-corrected chi connectivity index (χ0v) is 35.2. The highest BCUT2D eigenvalue weighted by molar-refractivity contribution is 8.18. The summed E-state index contributed by atoms with van der Waals surface area (Å²) < 4.78 is 5.88. The van der Waals surface area contributed by atoms with Crippen molar-refractivity contribution in [3.63, 3.8) is 0 Å². The fraction of sp³-hybridized carbons (Fsp3) is 0.675. The van der Waals surface area contributed by atoms with Gasteiger partial charge in [-0.3, -0.25) is 4.79 Å². The maximum Gasteiger partial charge on any atom is 0.311 e. The minimum Gasteiger partial charge on any atom is -0.426 e. The lowest BCUT2D eigenvalue weighted by molar-refractivity contribution is -0.760. The molecule has 2 rings (SSSR count). The second-order valence-electron chi connectivity index (χ2n) is 17.6. The Morgan fingerprint density at radius 1 is 0.720 bits per heavy atom. The molecule has 0 aliphatic heterocycles. The first-order chi connectivity index (χ1) is 22.7. The third-order valence-corrected chi connectivity index (χ3v) is 10.5. The number of esters is 1. The lowest BCUT2D eigenvalue weighted by Crippen LogP contribution is -2.25. The van der Waals surface area contributed by atoms with Crippen molar-refractivity contribution in [2.75, 3.05) is 6.61 Å². The summed E-state index contributed by atoms with van der Waals surface area (Å²) in [6.45, 7) is 34.0. The van der Waals surface area contributed by atoms with E-state index < -0.39 is 11.2 Å². The van der Waals surface area contributed by atoms with Crippen LogP contribution in [0.15, 0.2) is 34.1 Å². The van der Waals surface area contributed by atoms with Gasteiger partial charge in [-0.05, 0) is 72.6 Å². The fourth-order valence-electron chi connectivity index (χ4n) is 5.30. The zero-order valence-electron chi connectivity index (χ0n) is 33.5. The van der Waals surface area contributed by atoms with Gasteiger partial charge in [-0.15, -0.1) is 33.6 Å². The molecule has 0 aliphatic carbocycles. The average molecular weight is 734 g/mol. The molecule has 50 heavy (non-hydrogen) atoms. The number of hydrogen-bond donors (Lipinski definition) is 0. The zero-order chi connectivity index (χ0) is 38.5. The van der Waals surface area contributed by atoms with Gasteiger partial charge in [-0.1, -0.05) is 103 Å². The van der Waals surface area contributed by atoms with Gasteiger partial charge in [-0.2, -0.15) is 4.89 Å². The highest BCUT2D eigenvalue weighted by atomic mass is 32.2. The third-order valence-electron chi connectivity index (χ3n) is 8.12. The van der Waals surface area contributed by atoms with Gasteiger partial charge in [-0.25, -0.2) is 0 Å². The standard InChI is InChI=1S/C40H63NO7S2/c1-17-19-20-33(42)46-34-29(36(3,4)5)21-27(22-30(34)37(6,7)8)49-40(15,16)50-28-23-31(38(9,10)11)35(32(24-28)39(12,13)14)48-47-26(18-2)25-45-41(43)44/h21-24,26H,17-20,25H2,1-16H3. The smallest absolute Gasteiger partial charge is 0.311 e. The SMILES string of the molecule is CCCCC(=O)Oc1c(C(C)(C)C)cc(SC(C)(C)Sc2cc(C(C)(C)C)c(OOC(CC)CO[N+](=O)[O-])c(C(C)(C)C)c2)cc1C(C)(C)C. The van der Waals surface area contributed by atoms with Crippen LogP contribution in [-0.4, -0.2) is 27.8 Å². The Labute approximate surface area is 310 Å². The molecule has 0 heterocycles. The van der Waals surface area contributed by atoms with Crippen LogP contribution in [0, 0.1) is 10.1 Å². The summed E-state index contributed by atoms with van der Waals surface area (Å²) >= 11 is 3.58. The minimum absolute atomic E-state index is 0.184. The molecule has 0 bridgehead atoms. The maximum atomic E-state index is 12.9. The Bertz CT molecular complexity index is 1400. The quantitative estimate of drug-likeness (QED) is 0.0337. The molecule has 0 fully saturated rings.